The zero-order valence-corrected chi connectivity index (χ0v) is 14.7. The standard InChI is InChI=1S/C20H27N3O2/c24-19-9-1-2-11-22(19)14-15-5-3-7-17(13-15)21-20(25)23-12-10-16-6-4-8-18(16)23/h3,5,7,13,16,18H,1-2,4,6,8-12,14H2,(H,21,25)/t16-,18-/m0/s1. The molecule has 0 aromatic heterocycles. The summed E-state index contributed by atoms with van der Waals surface area (Å²) in [6.45, 7) is 2.35. The van der Waals surface area contributed by atoms with Crippen LogP contribution in [0.2, 0.25) is 0 Å². The maximum absolute atomic E-state index is 12.7. The van der Waals surface area contributed by atoms with E-state index in [0.717, 1.165) is 50.0 Å². The lowest BCUT2D eigenvalue weighted by molar-refractivity contribution is -0.133. The molecule has 0 unspecified atom stereocenters. The zero-order valence-electron chi connectivity index (χ0n) is 14.7. The van der Waals surface area contributed by atoms with Crippen LogP contribution in [0.5, 0.6) is 0 Å². The number of amides is 3. The summed E-state index contributed by atoms with van der Waals surface area (Å²) in [5.74, 6) is 0.951. The monoisotopic (exact) mass is 341 g/mol. The minimum atomic E-state index is 0.0283. The van der Waals surface area contributed by atoms with Gasteiger partial charge in [0.15, 0.2) is 0 Å². The Bertz CT molecular complexity index is 660. The largest absolute Gasteiger partial charge is 0.338 e. The smallest absolute Gasteiger partial charge is 0.322 e. The number of rotatable bonds is 3. The minimum absolute atomic E-state index is 0.0283. The number of carbonyl (C=O) groups is 2. The highest BCUT2D eigenvalue weighted by Gasteiger charge is 2.39. The van der Waals surface area contributed by atoms with Crippen LogP contribution in [0.25, 0.3) is 0 Å². The minimum Gasteiger partial charge on any atom is -0.338 e. The molecule has 1 N–H and O–H groups in total. The summed E-state index contributed by atoms with van der Waals surface area (Å²) in [6, 6.07) is 8.39. The lowest BCUT2D eigenvalue weighted by atomic mass is 10.1. The second kappa shape index (κ2) is 7.06. The fourth-order valence-corrected chi connectivity index (χ4v) is 4.68. The number of nitrogens with one attached hydrogen (secondary N) is 1. The number of fused-ring (bicyclic) bond motifs is 1. The van der Waals surface area contributed by atoms with Gasteiger partial charge in [0.2, 0.25) is 5.91 Å². The molecule has 25 heavy (non-hydrogen) atoms. The number of piperidine rings is 1. The van der Waals surface area contributed by atoms with Gasteiger partial charge in [-0.2, -0.15) is 0 Å². The molecule has 2 atom stereocenters. The van der Waals surface area contributed by atoms with Gasteiger partial charge >= 0.3 is 6.03 Å². The topological polar surface area (TPSA) is 52.7 Å². The number of benzene rings is 1. The van der Waals surface area contributed by atoms with Gasteiger partial charge in [0.25, 0.3) is 0 Å². The molecule has 1 aliphatic carbocycles. The molecule has 5 heteroatoms. The lowest BCUT2D eigenvalue weighted by Crippen LogP contribution is -2.39. The van der Waals surface area contributed by atoms with E-state index >= 15 is 0 Å². The molecule has 2 saturated heterocycles. The average molecular weight is 341 g/mol. The number of likely N-dealkylation sites (tertiary alicyclic amines) is 2. The van der Waals surface area contributed by atoms with E-state index < -0.39 is 0 Å². The number of hydrogen-bond acceptors (Lipinski definition) is 2. The first-order valence-corrected chi connectivity index (χ1v) is 9.65. The van der Waals surface area contributed by atoms with Crippen LogP contribution in [-0.2, 0) is 11.3 Å². The van der Waals surface area contributed by atoms with Crippen LogP contribution in [-0.4, -0.2) is 40.9 Å². The molecule has 5 nitrogen and oxygen atoms in total. The van der Waals surface area contributed by atoms with Gasteiger partial charge in [0.05, 0.1) is 0 Å². The van der Waals surface area contributed by atoms with Crippen LogP contribution < -0.4 is 5.32 Å². The van der Waals surface area contributed by atoms with Crippen molar-refractivity contribution in [1.82, 2.24) is 9.80 Å². The SMILES string of the molecule is O=C1CCCCN1Cc1cccc(NC(=O)N2CC[C@@H]3CCC[C@@H]32)c1. The maximum atomic E-state index is 12.7. The van der Waals surface area contributed by atoms with Crippen LogP contribution in [0.15, 0.2) is 24.3 Å². The Balaban J connectivity index is 1.39. The molecule has 2 aliphatic heterocycles. The maximum Gasteiger partial charge on any atom is 0.322 e. The van der Waals surface area contributed by atoms with E-state index in [4.69, 9.17) is 0 Å². The Labute approximate surface area is 149 Å². The Morgan fingerprint density at radius 2 is 2.04 bits per heavy atom. The molecule has 0 radical (unpaired) electrons. The van der Waals surface area contributed by atoms with Crippen molar-refractivity contribution in [3.8, 4) is 0 Å². The van der Waals surface area contributed by atoms with E-state index in [1.807, 2.05) is 34.1 Å². The first kappa shape index (κ1) is 16.4. The van der Waals surface area contributed by atoms with Crippen molar-refractivity contribution in [2.45, 2.75) is 57.5 Å². The Morgan fingerprint density at radius 3 is 2.92 bits per heavy atom. The van der Waals surface area contributed by atoms with Gasteiger partial charge in [0.1, 0.15) is 0 Å². The van der Waals surface area contributed by atoms with Gasteiger partial charge in [-0.05, 0) is 55.7 Å². The summed E-state index contributed by atoms with van der Waals surface area (Å²) in [5.41, 5.74) is 1.90. The fourth-order valence-electron chi connectivity index (χ4n) is 4.68. The van der Waals surface area contributed by atoms with Crippen LogP contribution in [0.3, 0.4) is 0 Å². The van der Waals surface area contributed by atoms with E-state index in [2.05, 4.69) is 5.32 Å². The highest BCUT2D eigenvalue weighted by atomic mass is 16.2. The van der Waals surface area contributed by atoms with Crippen molar-refractivity contribution < 1.29 is 9.59 Å². The molecule has 3 fully saturated rings. The van der Waals surface area contributed by atoms with E-state index in [-0.39, 0.29) is 11.9 Å². The Hall–Kier alpha value is -2.04. The van der Waals surface area contributed by atoms with Crippen LogP contribution in [0.1, 0.15) is 50.5 Å². The average Bonchev–Trinajstić information content (AvgIpc) is 3.20. The predicted octanol–water partition coefficient (Wildman–Crippen LogP) is 3.61. The molecule has 3 aliphatic rings. The molecular formula is C20H27N3O2. The molecule has 3 amide bonds. The lowest BCUT2D eigenvalue weighted by Gasteiger charge is -2.27. The van der Waals surface area contributed by atoms with Crippen LogP contribution >= 0.6 is 0 Å². The first-order valence-electron chi connectivity index (χ1n) is 9.65. The number of urea groups is 1. The van der Waals surface area contributed by atoms with Crippen molar-refractivity contribution >= 4 is 17.6 Å². The third kappa shape index (κ3) is 3.51. The molecule has 1 saturated carbocycles. The molecule has 0 spiro atoms. The molecule has 1 aromatic rings. The van der Waals surface area contributed by atoms with Crippen molar-refractivity contribution in [1.29, 1.82) is 0 Å². The van der Waals surface area contributed by atoms with E-state index in [0.29, 0.717) is 24.9 Å². The third-order valence-electron chi connectivity index (χ3n) is 5.99. The molecule has 134 valence electrons. The van der Waals surface area contributed by atoms with Crippen LogP contribution in [0, 0.1) is 5.92 Å². The van der Waals surface area contributed by atoms with Crippen molar-refractivity contribution in [2.24, 2.45) is 5.92 Å². The third-order valence-corrected chi connectivity index (χ3v) is 5.99. The number of nitrogens with zero attached hydrogens (tertiary/aromatic N) is 2. The quantitative estimate of drug-likeness (QED) is 0.913. The second-order valence-corrected chi connectivity index (χ2v) is 7.64. The highest BCUT2D eigenvalue weighted by molar-refractivity contribution is 5.90. The summed E-state index contributed by atoms with van der Waals surface area (Å²) in [6.07, 6.45) is 7.56. The summed E-state index contributed by atoms with van der Waals surface area (Å²) in [5, 5.41) is 3.07. The normalized spacial score (nSPS) is 26.0. The molecular weight excluding hydrogens is 314 g/mol. The van der Waals surface area contributed by atoms with Gasteiger partial charge in [-0.1, -0.05) is 18.6 Å². The van der Waals surface area contributed by atoms with E-state index in [1.54, 1.807) is 0 Å². The van der Waals surface area contributed by atoms with Crippen LogP contribution in [0.4, 0.5) is 10.5 Å². The molecule has 2 heterocycles. The summed E-state index contributed by atoms with van der Waals surface area (Å²) >= 11 is 0. The van der Waals surface area contributed by atoms with Gasteiger partial charge in [-0.3, -0.25) is 4.79 Å². The summed E-state index contributed by atoms with van der Waals surface area (Å²) in [7, 11) is 0. The molecule has 4 rings (SSSR count). The first-order chi connectivity index (χ1) is 12.2. The summed E-state index contributed by atoms with van der Waals surface area (Å²) < 4.78 is 0. The van der Waals surface area contributed by atoms with Gasteiger partial charge in [-0.15, -0.1) is 0 Å². The van der Waals surface area contributed by atoms with E-state index in [1.165, 1.54) is 12.8 Å². The molecule has 1 aromatic carbocycles. The fraction of sp³-hybridized carbons (Fsp3) is 0.600. The number of carbonyl (C=O) groups excluding carboxylic acids is 2. The van der Waals surface area contributed by atoms with Gasteiger partial charge in [0, 0.05) is 37.8 Å². The highest BCUT2D eigenvalue weighted by Crippen LogP contribution is 2.37. The van der Waals surface area contributed by atoms with Gasteiger partial charge < -0.3 is 15.1 Å². The molecule has 0 bridgehead atoms. The summed E-state index contributed by atoms with van der Waals surface area (Å²) in [4.78, 5) is 28.6. The Morgan fingerprint density at radius 1 is 1.12 bits per heavy atom. The second-order valence-electron chi connectivity index (χ2n) is 7.64. The Kier molecular flexibility index (Phi) is 4.64. The van der Waals surface area contributed by atoms with E-state index in [9.17, 15) is 9.59 Å². The van der Waals surface area contributed by atoms with Gasteiger partial charge in [-0.25, -0.2) is 4.79 Å². The van der Waals surface area contributed by atoms with Crippen molar-refractivity contribution in [3.05, 3.63) is 29.8 Å². The van der Waals surface area contributed by atoms with Crippen molar-refractivity contribution in [2.75, 3.05) is 18.4 Å². The zero-order chi connectivity index (χ0) is 17.2. The number of hydrogen-bond donors (Lipinski definition) is 1. The van der Waals surface area contributed by atoms with Crippen molar-refractivity contribution in [3.63, 3.8) is 0 Å². The predicted molar refractivity (Wildman–Crippen MR) is 97.2 cm³/mol. The number of anilines is 1.